The predicted octanol–water partition coefficient (Wildman–Crippen LogP) is 0.167. The Kier molecular flexibility index (Phi) is 5.37. The maximum absolute atomic E-state index is 11.5. The van der Waals surface area contributed by atoms with Crippen molar-refractivity contribution in [1.82, 2.24) is 0 Å². The zero-order valence-corrected chi connectivity index (χ0v) is 18.7. The summed E-state index contributed by atoms with van der Waals surface area (Å²) in [6, 6.07) is 0. The van der Waals surface area contributed by atoms with Crippen LogP contribution in [0.1, 0.15) is 19.3 Å². The first-order chi connectivity index (χ1) is 16.1. The fraction of sp³-hybridized carbons (Fsp3) is 0.958. The summed E-state index contributed by atoms with van der Waals surface area (Å²) in [6.07, 6.45) is 2.87. The molecule has 14 atom stereocenters. The zero-order valence-electron chi connectivity index (χ0n) is 18.7. The second kappa shape index (κ2) is 8.20. The molecule has 14 unspecified atom stereocenters. The van der Waals surface area contributed by atoms with Crippen LogP contribution in [0.15, 0.2) is 0 Å². The van der Waals surface area contributed by atoms with Crippen molar-refractivity contribution < 1.29 is 43.4 Å². The quantitative estimate of drug-likeness (QED) is 0.516. The molecule has 33 heavy (non-hydrogen) atoms. The highest BCUT2D eigenvalue weighted by molar-refractivity contribution is 5.86. The zero-order chi connectivity index (χ0) is 22.3. The molecular weight excluding hydrogens is 432 g/mol. The molecule has 6 bridgehead atoms. The number of aliphatic hydroxyl groups excluding tert-OH is 2. The molecule has 3 saturated carbocycles. The summed E-state index contributed by atoms with van der Waals surface area (Å²) in [5, 5.41) is 19.5. The number of hydrogen-bond donors (Lipinski definition) is 2. The van der Waals surface area contributed by atoms with Gasteiger partial charge >= 0.3 is 0 Å². The number of carbonyl (C=O) groups excluding carboxylic acids is 1. The number of rotatable bonds is 0. The van der Waals surface area contributed by atoms with E-state index >= 15 is 0 Å². The average molecular weight is 467 g/mol. The van der Waals surface area contributed by atoms with Gasteiger partial charge in [-0.05, 0) is 19.3 Å². The summed E-state index contributed by atoms with van der Waals surface area (Å²) in [7, 11) is 0. The molecule has 0 spiro atoms. The van der Waals surface area contributed by atoms with Crippen LogP contribution in [0.5, 0.6) is 0 Å². The van der Waals surface area contributed by atoms with Crippen LogP contribution in [-0.4, -0.2) is 86.7 Å². The van der Waals surface area contributed by atoms with Gasteiger partial charge in [-0.1, -0.05) is 0 Å². The van der Waals surface area contributed by atoms with Gasteiger partial charge in [-0.3, -0.25) is 4.79 Å². The summed E-state index contributed by atoms with van der Waals surface area (Å²) < 4.78 is 32.4. The van der Waals surface area contributed by atoms with E-state index in [0.29, 0.717) is 86.8 Å². The lowest BCUT2D eigenvalue weighted by Gasteiger charge is -2.25. The average Bonchev–Trinajstić information content (AvgIpc) is 3.64. The van der Waals surface area contributed by atoms with Crippen molar-refractivity contribution in [1.29, 1.82) is 0 Å². The maximum Gasteiger partial charge on any atom is 0.161 e. The van der Waals surface area contributed by atoms with Crippen molar-refractivity contribution in [3.05, 3.63) is 0 Å². The highest BCUT2D eigenvalue weighted by Gasteiger charge is 2.56. The van der Waals surface area contributed by atoms with E-state index in [1.165, 1.54) is 0 Å². The fourth-order valence-electron chi connectivity index (χ4n) is 7.86. The van der Waals surface area contributed by atoms with Crippen LogP contribution in [0.3, 0.4) is 0 Å². The van der Waals surface area contributed by atoms with E-state index in [0.717, 1.165) is 19.3 Å². The van der Waals surface area contributed by atoms with Crippen molar-refractivity contribution in [3.63, 3.8) is 0 Å². The Morgan fingerprint density at radius 2 is 1.03 bits per heavy atom. The number of fused-ring (bicyclic) bond motifs is 3. The summed E-state index contributed by atoms with van der Waals surface area (Å²) in [4.78, 5) is 11.5. The molecule has 2 N–H and O–H groups in total. The second-order valence-electron chi connectivity index (χ2n) is 11.3. The van der Waals surface area contributed by atoms with Crippen molar-refractivity contribution in [2.24, 2.45) is 53.3 Å². The molecule has 0 aromatic heterocycles. The SMILES string of the molecule is O=C1C2COC3OCC1C3C2.OC1C2COC3OCC1C3C2.OC1C2COC3OCC1C3C2. The van der Waals surface area contributed by atoms with Crippen LogP contribution >= 0.6 is 0 Å². The van der Waals surface area contributed by atoms with E-state index in [-0.39, 0.29) is 42.9 Å². The Morgan fingerprint density at radius 3 is 1.64 bits per heavy atom. The maximum atomic E-state index is 11.5. The topological polar surface area (TPSA) is 113 Å². The molecule has 9 rings (SSSR count). The highest BCUT2D eigenvalue weighted by Crippen LogP contribution is 2.49. The van der Waals surface area contributed by atoms with Crippen LogP contribution in [0.4, 0.5) is 0 Å². The van der Waals surface area contributed by atoms with Crippen LogP contribution in [-0.2, 0) is 33.2 Å². The third-order valence-corrected chi connectivity index (χ3v) is 9.74. The second-order valence-corrected chi connectivity index (χ2v) is 11.3. The standard InChI is InChI=1S/2C8H12O3.C8H10O3/c3*9-7-4-1-5-6(7)3-11-8(5)10-2-4/h2*4-9H,1-3H2;4-6,8H,1-3H2. The number of hydrogen-bond acceptors (Lipinski definition) is 9. The Balaban J connectivity index is 0.0000000864. The molecule has 0 radical (unpaired) electrons. The molecule has 184 valence electrons. The molecule has 0 aromatic rings. The van der Waals surface area contributed by atoms with Gasteiger partial charge in [-0.15, -0.1) is 0 Å². The van der Waals surface area contributed by atoms with Gasteiger partial charge in [0, 0.05) is 53.3 Å². The monoisotopic (exact) mass is 466 g/mol. The molecule has 6 aliphatic heterocycles. The van der Waals surface area contributed by atoms with E-state index < -0.39 is 0 Å². The van der Waals surface area contributed by atoms with E-state index in [9.17, 15) is 15.0 Å². The van der Waals surface area contributed by atoms with Crippen molar-refractivity contribution in [2.45, 2.75) is 50.3 Å². The lowest BCUT2D eigenvalue weighted by molar-refractivity contribution is -0.169. The van der Waals surface area contributed by atoms with E-state index in [2.05, 4.69) is 0 Å². The van der Waals surface area contributed by atoms with Gasteiger partial charge in [0.05, 0.1) is 51.8 Å². The first-order valence-electron chi connectivity index (χ1n) is 12.7. The molecular formula is C24H34O9. The van der Waals surface area contributed by atoms with Crippen molar-refractivity contribution >= 4 is 5.78 Å². The molecule has 0 amide bonds. The lowest BCUT2D eigenvalue weighted by atomic mass is 9.98. The summed E-state index contributed by atoms with van der Waals surface area (Å²) >= 11 is 0. The first kappa shape index (κ1) is 21.6. The number of ketones is 1. The van der Waals surface area contributed by atoms with E-state index in [1.54, 1.807) is 0 Å². The molecule has 0 aromatic carbocycles. The Morgan fingerprint density at radius 1 is 0.545 bits per heavy atom. The molecule has 3 aliphatic carbocycles. The van der Waals surface area contributed by atoms with Crippen LogP contribution in [0.25, 0.3) is 0 Å². The number of ether oxygens (including phenoxy) is 6. The predicted molar refractivity (Wildman–Crippen MR) is 109 cm³/mol. The van der Waals surface area contributed by atoms with E-state index in [4.69, 9.17) is 28.4 Å². The van der Waals surface area contributed by atoms with Crippen LogP contribution < -0.4 is 0 Å². The molecule has 6 saturated heterocycles. The van der Waals surface area contributed by atoms with Gasteiger partial charge in [0.2, 0.25) is 0 Å². The first-order valence-corrected chi connectivity index (χ1v) is 12.7. The molecule has 9 heteroatoms. The number of aliphatic hydroxyl groups is 2. The van der Waals surface area contributed by atoms with Crippen molar-refractivity contribution in [2.75, 3.05) is 39.6 Å². The molecule has 9 aliphatic rings. The molecule has 6 heterocycles. The molecule has 9 fully saturated rings. The van der Waals surface area contributed by atoms with Gasteiger partial charge in [0.25, 0.3) is 0 Å². The van der Waals surface area contributed by atoms with Crippen LogP contribution in [0.2, 0.25) is 0 Å². The summed E-state index contributed by atoms with van der Waals surface area (Å²) in [6.45, 7) is 3.98. The van der Waals surface area contributed by atoms with E-state index in [1.807, 2.05) is 0 Å². The number of Topliss-reactive ketones (excluding diaryl/α,β-unsaturated/α-hetero) is 1. The Bertz CT molecular complexity index is 733. The minimum atomic E-state index is -0.160. The van der Waals surface area contributed by atoms with Gasteiger partial charge < -0.3 is 38.6 Å². The Labute approximate surface area is 193 Å². The third-order valence-electron chi connectivity index (χ3n) is 9.74. The van der Waals surface area contributed by atoms with Gasteiger partial charge in [0.15, 0.2) is 18.9 Å². The van der Waals surface area contributed by atoms with Gasteiger partial charge in [-0.2, -0.15) is 0 Å². The smallest absolute Gasteiger partial charge is 0.161 e. The van der Waals surface area contributed by atoms with Gasteiger partial charge in [0.1, 0.15) is 5.78 Å². The minimum absolute atomic E-state index is 0.00778. The normalized spacial score (nSPS) is 58.1. The lowest BCUT2D eigenvalue weighted by Crippen LogP contribution is -2.30. The summed E-state index contributed by atoms with van der Waals surface area (Å²) in [5.41, 5.74) is 0. The molecule has 9 nitrogen and oxygen atoms in total. The van der Waals surface area contributed by atoms with Gasteiger partial charge in [-0.25, -0.2) is 0 Å². The van der Waals surface area contributed by atoms with Crippen molar-refractivity contribution in [3.8, 4) is 0 Å². The summed E-state index contributed by atoms with van der Waals surface area (Å²) in [5.74, 6) is 3.65. The highest BCUT2D eigenvalue weighted by atomic mass is 16.7. The third kappa shape index (κ3) is 3.38. The number of carbonyl (C=O) groups is 1. The Hall–Kier alpha value is -0.650. The largest absolute Gasteiger partial charge is 0.392 e. The van der Waals surface area contributed by atoms with Crippen LogP contribution in [0, 0.1) is 53.3 Å². The fourth-order valence-corrected chi connectivity index (χ4v) is 7.86. The minimum Gasteiger partial charge on any atom is -0.392 e.